The fraction of sp³-hybridized carbons (Fsp3) is 0.667. The quantitative estimate of drug-likeness (QED) is 0.762. The smallest absolute Gasteiger partial charge is 0.182 e. The lowest BCUT2D eigenvalue weighted by molar-refractivity contribution is 0.685. The summed E-state index contributed by atoms with van der Waals surface area (Å²) in [5.74, 6) is 0.763. The van der Waals surface area contributed by atoms with Crippen molar-refractivity contribution >= 4 is 27.3 Å². The Bertz CT molecular complexity index is 299. The average molecular weight is 232 g/mol. The van der Waals surface area contributed by atoms with Crippen molar-refractivity contribution in [3.05, 3.63) is 11.1 Å². The maximum absolute atomic E-state index is 10.8. The number of hydrogen-bond acceptors (Lipinski definition) is 4. The van der Waals surface area contributed by atoms with E-state index in [2.05, 4.69) is 22.6 Å². The third-order valence-electron chi connectivity index (χ3n) is 1.80. The standard InChI is InChI=1S/C9H16N2OS2/c1-3-8-7-13-9(11-8)10-5-4-6-14(2)12/h7H,3-6H2,1-2H3,(H,10,11). The number of nitrogens with zero attached hydrogens (tertiary/aromatic N) is 1. The molecule has 3 nitrogen and oxygen atoms in total. The van der Waals surface area contributed by atoms with Crippen LogP contribution in [0.1, 0.15) is 19.0 Å². The van der Waals surface area contributed by atoms with Gasteiger partial charge in [-0.25, -0.2) is 4.98 Å². The Morgan fingerprint density at radius 3 is 3.00 bits per heavy atom. The summed E-state index contributed by atoms with van der Waals surface area (Å²) in [5, 5.41) is 6.27. The first-order chi connectivity index (χ1) is 6.72. The van der Waals surface area contributed by atoms with Gasteiger partial charge in [0.1, 0.15) is 0 Å². The molecule has 1 N–H and O–H groups in total. The molecule has 14 heavy (non-hydrogen) atoms. The minimum atomic E-state index is -0.677. The second-order valence-electron chi connectivity index (χ2n) is 3.06. The van der Waals surface area contributed by atoms with Crippen LogP contribution in [0.3, 0.4) is 0 Å². The number of anilines is 1. The highest BCUT2D eigenvalue weighted by molar-refractivity contribution is 7.84. The molecule has 0 saturated carbocycles. The van der Waals surface area contributed by atoms with E-state index >= 15 is 0 Å². The molecule has 0 aliphatic carbocycles. The molecule has 0 aliphatic heterocycles. The molecule has 0 amide bonds. The van der Waals surface area contributed by atoms with Gasteiger partial charge in [0.2, 0.25) is 0 Å². The number of hydrogen-bond donors (Lipinski definition) is 1. The van der Waals surface area contributed by atoms with Crippen molar-refractivity contribution in [1.29, 1.82) is 0 Å². The summed E-state index contributed by atoms with van der Waals surface area (Å²) in [6.07, 6.45) is 3.65. The third-order valence-corrected chi connectivity index (χ3v) is 3.51. The van der Waals surface area contributed by atoms with Crippen LogP contribution in [0.5, 0.6) is 0 Å². The van der Waals surface area contributed by atoms with Gasteiger partial charge in [-0.2, -0.15) is 0 Å². The molecule has 0 aliphatic rings. The molecule has 1 aromatic rings. The minimum Gasteiger partial charge on any atom is -0.361 e. The number of rotatable bonds is 6. The minimum absolute atomic E-state index is 0.677. The molecular weight excluding hydrogens is 216 g/mol. The van der Waals surface area contributed by atoms with E-state index in [4.69, 9.17) is 0 Å². The van der Waals surface area contributed by atoms with Gasteiger partial charge in [-0.05, 0) is 12.8 Å². The highest BCUT2D eigenvalue weighted by Crippen LogP contribution is 2.15. The van der Waals surface area contributed by atoms with Crippen LogP contribution in [-0.4, -0.2) is 27.7 Å². The van der Waals surface area contributed by atoms with E-state index in [0.717, 1.165) is 36.0 Å². The summed E-state index contributed by atoms with van der Waals surface area (Å²) < 4.78 is 10.8. The van der Waals surface area contributed by atoms with Crippen LogP contribution in [-0.2, 0) is 17.2 Å². The zero-order valence-electron chi connectivity index (χ0n) is 8.58. The second-order valence-corrected chi connectivity index (χ2v) is 5.47. The second kappa shape index (κ2) is 6.14. The first-order valence-electron chi connectivity index (χ1n) is 4.70. The van der Waals surface area contributed by atoms with Gasteiger partial charge in [-0.1, -0.05) is 6.92 Å². The van der Waals surface area contributed by atoms with Crippen LogP contribution in [0.2, 0.25) is 0 Å². The topological polar surface area (TPSA) is 42.0 Å². The van der Waals surface area contributed by atoms with Crippen LogP contribution in [0.4, 0.5) is 5.13 Å². The van der Waals surface area contributed by atoms with Gasteiger partial charge in [-0.15, -0.1) is 11.3 Å². The number of aryl methyl sites for hydroxylation is 1. The van der Waals surface area contributed by atoms with Gasteiger partial charge in [0.25, 0.3) is 0 Å². The van der Waals surface area contributed by atoms with Crippen LogP contribution in [0.25, 0.3) is 0 Å². The van der Waals surface area contributed by atoms with Crippen LogP contribution < -0.4 is 5.32 Å². The van der Waals surface area contributed by atoms with Crippen LogP contribution in [0, 0.1) is 0 Å². The highest BCUT2D eigenvalue weighted by Gasteiger charge is 1.98. The molecule has 0 aromatic carbocycles. The number of nitrogens with one attached hydrogen (secondary N) is 1. The van der Waals surface area contributed by atoms with Gasteiger partial charge in [0.15, 0.2) is 5.13 Å². The molecule has 0 fully saturated rings. The molecule has 1 unspecified atom stereocenters. The summed E-state index contributed by atoms with van der Waals surface area (Å²) in [4.78, 5) is 4.38. The Morgan fingerprint density at radius 2 is 2.43 bits per heavy atom. The van der Waals surface area contributed by atoms with Gasteiger partial charge in [-0.3, -0.25) is 4.21 Å². The highest BCUT2D eigenvalue weighted by atomic mass is 32.2. The largest absolute Gasteiger partial charge is 0.361 e. The number of thiazole rings is 1. The van der Waals surface area contributed by atoms with E-state index in [1.807, 2.05) is 0 Å². The van der Waals surface area contributed by atoms with E-state index in [1.165, 1.54) is 0 Å². The molecular formula is C9H16N2OS2. The molecule has 1 heterocycles. The fourth-order valence-corrected chi connectivity index (χ4v) is 2.39. The average Bonchev–Trinajstić information content (AvgIpc) is 2.60. The molecule has 0 bridgehead atoms. The molecule has 1 rings (SSSR count). The van der Waals surface area contributed by atoms with Crippen molar-refractivity contribution in [3.63, 3.8) is 0 Å². The van der Waals surface area contributed by atoms with Crippen molar-refractivity contribution in [2.75, 3.05) is 23.9 Å². The van der Waals surface area contributed by atoms with E-state index in [9.17, 15) is 4.21 Å². The number of aromatic nitrogens is 1. The predicted molar refractivity (Wildman–Crippen MR) is 63.5 cm³/mol. The summed E-state index contributed by atoms with van der Waals surface area (Å²) in [5.41, 5.74) is 1.14. The Morgan fingerprint density at radius 1 is 1.64 bits per heavy atom. The van der Waals surface area contributed by atoms with Gasteiger partial charge < -0.3 is 5.32 Å². The molecule has 80 valence electrons. The van der Waals surface area contributed by atoms with Crippen molar-refractivity contribution < 1.29 is 4.21 Å². The van der Waals surface area contributed by atoms with Crippen molar-refractivity contribution in [3.8, 4) is 0 Å². The Labute approximate surface area is 91.4 Å². The van der Waals surface area contributed by atoms with Gasteiger partial charge in [0.05, 0.1) is 5.69 Å². The first kappa shape index (κ1) is 11.7. The molecule has 0 radical (unpaired) electrons. The van der Waals surface area contributed by atoms with Crippen LogP contribution >= 0.6 is 11.3 Å². The van der Waals surface area contributed by atoms with Gasteiger partial charge >= 0.3 is 0 Å². The Hall–Kier alpha value is -0.420. The lowest BCUT2D eigenvalue weighted by Gasteiger charge is -2.00. The summed E-state index contributed by atoms with van der Waals surface area (Å²) in [7, 11) is -0.677. The zero-order valence-corrected chi connectivity index (χ0v) is 10.2. The summed E-state index contributed by atoms with van der Waals surface area (Å²) in [6, 6.07) is 0. The molecule has 0 spiro atoms. The zero-order chi connectivity index (χ0) is 10.4. The van der Waals surface area contributed by atoms with E-state index in [-0.39, 0.29) is 0 Å². The van der Waals surface area contributed by atoms with Crippen molar-refractivity contribution in [2.24, 2.45) is 0 Å². The molecule has 0 saturated heterocycles. The molecule has 5 heteroatoms. The lowest BCUT2D eigenvalue weighted by atomic mass is 10.4. The third kappa shape index (κ3) is 4.19. The summed E-state index contributed by atoms with van der Waals surface area (Å²) in [6.45, 7) is 2.95. The maximum Gasteiger partial charge on any atom is 0.182 e. The van der Waals surface area contributed by atoms with Crippen molar-refractivity contribution in [1.82, 2.24) is 4.98 Å². The van der Waals surface area contributed by atoms with E-state index < -0.39 is 10.8 Å². The fourth-order valence-electron chi connectivity index (χ4n) is 1.02. The Kier molecular flexibility index (Phi) is 5.11. The van der Waals surface area contributed by atoms with Crippen LogP contribution in [0.15, 0.2) is 5.38 Å². The van der Waals surface area contributed by atoms with E-state index in [1.54, 1.807) is 17.6 Å². The normalized spacial score (nSPS) is 12.7. The van der Waals surface area contributed by atoms with Crippen molar-refractivity contribution in [2.45, 2.75) is 19.8 Å². The van der Waals surface area contributed by atoms with E-state index in [0.29, 0.717) is 0 Å². The molecule has 1 atom stereocenters. The monoisotopic (exact) mass is 232 g/mol. The van der Waals surface area contributed by atoms with Gasteiger partial charge in [0, 0.05) is 34.7 Å². The molecule has 1 aromatic heterocycles. The summed E-state index contributed by atoms with van der Waals surface area (Å²) >= 11 is 1.63. The maximum atomic E-state index is 10.8. The first-order valence-corrected chi connectivity index (χ1v) is 7.31. The Balaban J connectivity index is 2.21. The SMILES string of the molecule is CCc1csc(NCCCS(C)=O)n1. The lowest BCUT2D eigenvalue weighted by Crippen LogP contribution is -2.05. The predicted octanol–water partition coefficient (Wildman–Crippen LogP) is 1.89.